The number of benzene rings is 1. The summed E-state index contributed by atoms with van der Waals surface area (Å²) >= 11 is 0. The molecule has 0 aliphatic heterocycles. The molecule has 0 saturated heterocycles. The molecule has 4 rings (SSSR count). The van der Waals surface area contributed by atoms with E-state index in [-0.39, 0.29) is 23.7 Å². The van der Waals surface area contributed by atoms with Gasteiger partial charge in [0.05, 0.1) is 0 Å². The SMILES string of the molecule is NC1C2CCCC1CC(C(=O)NCc1ccc(Oc3cccc(F)c3)nc1)C2. The molecule has 1 amide bonds. The van der Waals surface area contributed by atoms with Crippen molar-refractivity contribution in [1.29, 1.82) is 0 Å². The fraction of sp³-hybridized carbons (Fsp3) is 0.455. The monoisotopic (exact) mass is 383 g/mol. The van der Waals surface area contributed by atoms with Gasteiger partial charge in [-0.25, -0.2) is 9.37 Å². The number of fused-ring (bicyclic) bond motifs is 2. The minimum Gasteiger partial charge on any atom is -0.439 e. The molecule has 2 bridgehead atoms. The van der Waals surface area contributed by atoms with Crippen LogP contribution in [0.4, 0.5) is 4.39 Å². The van der Waals surface area contributed by atoms with Crippen molar-refractivity contribution in [3.63, 3.8) is 0 Å². The van der Waals surface area contributed by atoms with Crippen LogP contribution in [0.15, 0.2) is 42.6 Å². The van der Waals surface area contributed by atoms with Gasteiger partial charge in [0.25, 0.3) is 0 Å². The number of aromatic nitrogens is 1. The van der Waals surface area contributed by atoms with Gasteiger partial charge in [-0.1, -0.05) is 18.6 Å². The fourth-order valence-corrected chi connectivity index (χ4v) is 4.56. The van der Waals surface area contributed by atoms with Crippen LogP contribution in [0.5, 0.6) is 11.6 Å². The van der Waals surface area contributed by atoms with Crippen molar-refractivity contribution >= 4 is 5.91 Å². The molecule has 2 fully saturated rings. The number of carbonyl (C=O) groups is 1. The Bertz CT molecular complexity index is 813. The number of nitrogens with two attached hydrogens (primary N) is 1. The number of pyridine rings is 1. The molecule has 0 radical (unpaired) electrons. The summed E-state index contributed by atoms with van der Waals surface area (Å²) in [7, 11) is 0. The number of rotatable bonds is 5. The molecule has 2 saturated carbocycles. The normalized spacial score (nSPS) is 26.5. The van der Waals surface area contributed by atoms with Crippen LogP contribution >= 0.6 is 0 Å². The maximum Gasteiger partial charge on any atom is 0.223 e. The van der Waals surface area contributed by atoms with Crippen LogP contribution in [0.1, 0.15) is 37.7 Å². The predicted octanol–water partition coefficient (Wildman–Crippen LogP) is 3.78. The second-order valence-corrected chi connectivity index (χ2v) is 7.98. The van der Waals surface area contributed by atoms with E-state index >= 15 is 0 Å². The van der Waals surface area contributed by atoms with Crippen LogP contribution in [-0.4, -0.2) is 16.9 Å². The minimum absolute atomic E-state index is 0.0682. The average molecular weight is 383 g/mol. The molecule has 2 aromatic rings. The summed E-state index contributed by atoms with van der Waals surface area (Å²) in [5.41, 5.74) is 7.21. The Labute approximate surface area is 164 Å². The summed E-state index contributed by atoms with van der Waals surface area (Å²) in [4.78, 5) is 16.9. The Morgan fingerprint density at radius 3 is 2.68 bits per heavy atom. The standard InChI is InChI=1S/C22H26FN3O2/c23-18-5-2-6-19(11-18)28-20-8-7-14(12-25-20)13-26-22(27)17-9-15-3-1-4-16(10-17)21(15)24/h2,5-8,11-12,15-17,21H,1,3-4,9-10,13,24H2,(H,26,27). The van der Waals surface area contributed by atoms with E-state index < -0.39 is 0 Å². The third kappa shape index (κ3) is 4.33. The molecule has 1 aromatic heterocycles. The topological polar surface area (TPSA) is 77.2 Å². The lowest BCUT2D eigenvalue weighted by molar-refractivity contribution is -0.128. The third-order valence-electron chi connectivity index (χ3n) is 6.07. The minimum atomic E-state index is -0.357. The van der Waals surface area contributed by atoms with Crippen LogP contribution in [-0.2, 0) is 11.3 Å². The number of carbonyl (C=O) groups excluding carboxylic acids is 1. The molecule has 1 aromatic carbocycles. The highest BCUT2D eigenvalue weighted by atomic mass is 19.1. The summed E-state index contributed by atoms with van der Waals surface area (Å²) in [6.07, 6.45) is 7.02. The zero-order valence-corrected chi connectivity index (χ0v) is 15.8. The Morgan fingerprint density at radius 1 is 1.21 bits per heavy atom. The highest BCUT2D eigenvalue weighted by Gasteiger charge is 2.40. The van der Waals surface area contributed by atoms with E-state index in [1.807, 2.05) is 6.07 Å². The maximum absolute atomic E-state index is 13.2. The number of hydrogen-bond acceptors (Lipinski definition) is 4. The first-order valence-corrected chi connectivity index (χ1v) is 10.00. The zero-order valence-electron chi connectivity index (χ0n) is 15.8. The first-order valence-electron chi connectivity index (χ1n) is 10.00. The van der Waals surface area contributed by atoms with Crippen molar-refractivity contribution in [2.75, 3.05) is 0 Å². The molecular formula is C22H26FN3O2. The Hall–Kier alpha value is -2.47. The fourth-order valence-electron chi connectivity index (χ4n) is 4.56. The first-order chi connectivity index (χ1) is 13.6. The number of nitrogens with zero attached hydrogens (tertiary/aromatic N) is 1. The van der Waals surface area contributed by atoms with Crippen molar-refractivity contribution in [3.8, 4) is 11.6 Å². The molecule has 2 aliphatic rings. The molecule has 2 aliphatic carbocycles. The summed E-state index contributed by atoms with van der Waals surface area (Å²) < 4.78 is 18.7. The number of nitrogens with one attached hydrogen (secondary N) is 1. The lowest BCUT2D eigenvalue weighted by atomic mass is 9.65. The van der Waals surface area contributed by atoms with E-state index in [1.165, 1.54) is 18.6 Å². The number of hydrogen-bond donors (Lipinski definition) is 2. The van der Waals surface area contributed by atoms with Crippen LogP contribution in [0, 0.1) is 23.6 Å². The highest BCUT2D eigenvalue weighted by molar-refractivity contribution is 5.78. The van der Waals surface area contributed by atoms with Gasteiger partial charge in [0, 0.05) is 36.8 Å². The van der Waals surface area contributed by atoms with Crippen molar-refractivity contribution < 1.29 is 13.9 Å². The second kappa shape index (κ2) is 8.27. The molecule has 1 heterocycles. The Balaban J connectivity index is 1.29. The van der Waals surface area contributed by atoms with Gasteiger partial charge in [0.2, 0.25) is 11.8 Å². The molecule has 6 heteroatoms. The molecule has 3 N–H and O–H groups in total. The van der Waals surface area contributed by atoms with E-state index in [9.17, 15) is 9.18 Å². The summed E-state index contributed by atoms with van der Waals surface area (Å²) in [5.74, 6) is 1.59. The molecule has 5 nitrogen and oxygen atoms in total. The van der Waals surface area contributed by atoms with Gasteiger partial charge in [0.1, 0.15) is 11.6 Å². The van der Waals surface area contributed by atoms with Crippen molar-refractivity contribution in [2.45, 2.75) is 44.7 Å². The summed E-state index contributed by atoms with van der Waals surface area (Å²) in [6.45, 7) is 0.434. The number of amides is 1. The average Bonchev–Trinajstić information content (AvgIpc) is 2.67. The largest absolute Gasteiger partial charge is 0.439 e. The van der Waals surface area contributed by atoms with Crippen LogP contribution < -0.4 is 15.8 Å². The first kappa shape index (κ1) is 18.9. The number of halogens is 1. The van der Waals surface area contributed by atoms with E-state index in [4.69, 9.17) is 10.5 Å². The Kier molecular flexibility index (Phi) is 5.57. The van der Waals surface area contributed by atoms with E-state index in [0.29, 0.717) is 30.0 Å². The molecule has 2 unspecified atom stereocenters. The van der Waals surface area contributed by atoms with Crippen molar-refractivity contribution in [2.24, 2.45) is 23.5 Å². The predicted molar refractivity (Wildman–Crippen MR) is 104 cm³/mol. The van der Waals surface area contributed by atoms with Crippen LogP contribution in [0.3, 0.4) is 0 Å². The highest BCUT2D eigenvalue weighted by Crippen LogP contribution is 2.41. The third-order valence-corrected chi connectivity index (χ3v) is 6.07. The smallest absolute Gasteiger partial charge is 0.223 e. The molecule has 148 valence electrons. The summed E-state index contributed by atoms with van der Waals surface area (Å²) in [5, 5.41) is 3.04. The van der Waals surface area contributed by atoms with E-state index in [1.54, 1.807) is 24.4 Å². The van der Waals surface area contributed by atoms with Gasteiger partial charge in [-0.2, -0.15) is 0 Å². The van der Waals surface area contributed by atoms with Gasteiger partial charge in [-0.3, -0.25) is 4.79 Å². The maximum atomic E-state index is 13.2. The van der Waals surface area contributed by atoms with E-state index in [2.05, 4.69) is 10.3 Å². The lowest BCUT2D eigenvalue weighted by Gasteiger charge is -2.43. The molecular weight excluding hydrogens is 357 g/mol. The van der Waals surface area contributed by atoms with Crippen molar-refractivity contribution in [3.05, 3.63) is 54.0 Å². The lowest BCUT2D eigenvalue weighted by Crippen LogP contribution is -2.49. The van der Waals surface area contributed by atoms with Gasteiger partial charge in [-0.05, 0) is 55.2 Å². The zero-order chi connectivity index (χ0) is 19.5. The van der Waals surface area contributed by atoms with E-state index in [0.717, 1.165) is 31.2 Å². The van der Waals surface area contributed by atoms with Crippen molar-refractivity contribution in [1.82, 2.24) is 10.3 Å². The van der Waals surface area contributed by atoms with Gasteiger partial charge in [0.15, 0.2) is 0 Å². The van der Waals surface area contributed by atoms with Gasteiger partial charge in [-0.15, -0.1) is 0 Å². The second-order valence-electron chi connectivity index (χ2n) is 7.98. The molecule has 28 heavy (non-hydrogen) atoms. The molecule has 2 atom stereocenters. The quantitative estimate of drug-likeness (QED) is 0.824. The van der Waals surface area contributed by atoms with Gasteiger partial charge >= 0.3 is 0 Å². The summed E-state index contributed by atoms with van der Waals surface area (Å²) in [6, 6.07) is 9.77. The van der Waals surface area contributed by atoms with Crippen LogP contribution in [0.25, 0.3) is 0 Å². The number of ether oxygens (including phenoxy) is 1. The van der Waals surface area contributed by atoms with Crippen LogP contribution in [0.2, 0.25) is 0 Å². The Morgan fingerprint density at radius 2 is 2.00 bits per heavy atom. The van der Waals surface area contributed by atoms with Gasteiger partial charge < -0.3 is 15.8 Å². The molecule has 0 spiro atoms.